The summed E-state index contributed by atoms with van der Waals surface area (Å²) >= 11 is 0. The van der Waals surface area contributed by atoms with Gasteiger partial charge in [-0.3, -0.25) is 4.90 Å². The first-order valence-electron chi connectivity index (χ1n) is 10.5. The molecule has 5 heteroatoms. The molecule has 0 bridgehead atoms. The monoisotopic (exact) mass is 413 g/mol. The van der Waals surface area contributed by atoms with Gasteiger partial charge in [0, 0.05) is 12.5 Å². The van der Waals surface area contributed by atoms with Crippen LogP contribution in [0.4, 0.5) is 10.5 Å². The number of carbonyl (C=O) groups excluding carboxylic acids is 1. The van der Waals surface area contributed by atoms with Crippen molar-refractivity contribution in [1.82, 2.24) is 0 Å². The molecular formula is C26H23NO4. The Hall–Kier alpha value is -3.60. The van der Waals surface area contributed by atoms with Crippen molar-refractivity contribution >= 4 is 17.7 Å². The number of nitrogens with zero attached hydrogens (tertiary/aromatic N) is 1. The quantitative estimate of drug-likeness (QED) is 0.625. The number of amides is 1. The number of benzene rings is 3. The Kier molecular flexibility index (Phi) is 4.74. The first kappa shape index (κ1) is 19.4. The molecule has 0 radical (unpaired) electrons. The van der Waals surface area contributed by atoms with Crippen LogP contribution < -0.4 is 4.90 Å². The number of anilines is 1. The van der Waals surface area contributed by atoms with Crippen LogP contribution in [0, 0.1) is 6.92 Å². The molecule has 0 spiro atoms. The molecule has 0 saturated heterocycles. The Morgan fingerprint density at radius 2 is 1.65 bits per heavy atom. The van der Waals surface area contributed by atoms with E-state index in [0.29, 0.717) is 30.6 Å². The molecule has 156 valence electrons. The number of aromatic carboxylic acids is 1. The van der Waals surface area contributed by atoms with Crippen LogP contribution in [-0.4, -0.2) is 30.3 Å². The van der Waals surface area contributed by atoms with Crippen LogP contribution in [0.25, 0.3) is 11.1 Å². The number of carboxylic acid groups (broad SMARTS) is 1. The number of rotatable bonds is 3. The Balaban J connectivity index is 1.42. The number of aryl methyl sites for hydroxylation is 1. The SMILES string of the molecule is Cc1ccc(C(=O)O)c2c1N(C(=O)OCC1c3ccccc3-c3ccccc31)CCC2. The summed E-state index contributed by atoms with van der Waals surface area (Å²) in [5.74, 6) is -0.974. The maximum absolute atomic E-state index is 13.1. The second-order valence-electron chi connectivity index (χ2n) is 8.12. The van der Waals surface area contributed by atoms with Crippen molar-refractivity contribution in [2.45, 2.75) is 25.7 Å². The lowest BCUT2D eigenvalue weighted by molar-refractivity contribution is 0.0695. The highest BCUT2D eigenvalue weighted by atomic mass is 16.6. The molecule has 5 nitrogen and oxygen atoms in total. The number of ether oxygens (including phenoxy) is 1. The van der Waals surface area contributed by atoms with Crippen molar-refractivity contribution in [2.75, 3.05) is 18.1 Å². The van der Waals surface area contributed by atoms with Crippen LogP contribution in [0.3, 0.4) is 0 Å². The van der Waals surface area contributed by atoms with Crippen LogP contribution in [0.15, 0.2) is 60.7 Å². The molecule has 0 fully saturated rings. The zero-order valence-electron chi connectivity index (χ0n) is 17.3. The Bertz CT molecular complexity index is 1150. The first-order valence-corrected chi connectivity index (χ1v) is 10.5. The van der Waals surface area contributed by atoms with Gasteiger partial charge in [-0.1, -0.05) is 54.6 Å². The van der Waals surface area contributed by atoms with Gasteiger partial charge in [-0.2, -0.15) is 0 Å². The second kappa shape index (κ2) is 7.58. The predicted molar refractivity (Wildman–Crippen MR) is 119 cm³/mol. The summed E-state index contributed by atoms with van der Waals surface area (Å²) in [6, 6.07) is 19.8. The fourth-order valence-corrected chi connectivity index (χ4v) is 4.96. The van der Waals surface area contributed by atoms with E-state index in [1.165, 1.54) is 22.3 Å². The minimum atomic E-state index is -0.967. The third-order valence-corrected chi connectivity index (χ3v) is 6.35. The van der Waals surface area contributed by atoms with Crippen molar-refractivity contribution in [2.24, 2.45) is 0 Å². The third-order valence-electron chi connectivity index (χ3n) is 6.35. The third kappa shape index (κ3) is 3.17. The molecule has 5 rings (SSSR count). The smallest absolute Gasteiger partial charge is 0.414 e. The molecule has 1 aliphatic heterocycles. The van der Waals surface area contributed by atoms with Gasteiger partial charge in [-0.25, -0.2) is 9.59 Å². The fraction of sp³-hybridized carbons (Fsp3) is 0.231. The van der Waals surface area contributed by atoms with E-state index in [1.807, 2.05) is 31.2 Å². The molecule has 0 unspecified atom stereocenters. The van der Waals surface area contributed by atoms with Crippen LogP contribution in [0.5, 0.6) is 0 Å². The average Bonchev–Trinajstić information content (AvgIpc) is 3.11. The fourth-order valence-electron chi connectivity index (χ4n) is 4.96. The molecule has 1 N–H and O–H groups in total. The van der Waals surface area contributed by atoms with E-state index in [2.05, 4.69) is 24.3 Å². The summed E-state index contributed by atoms with van der Waals surface area (Å²) in [6.07, 6.45) is 0.931. The Morgan fingerprint density at radius 3 is 2.29 bits per heavy atom. The standard InChI is InChI=1S/C26H23NO4/c1-16-12-13-22(25(28)29)21-11-6-14-27(24(16)21)26(30)31-15-23-19-9-4-2-7-17(19)18-8-3-5-10-20(18)23/h2-5,7-10,12-13,23H,6,11,14-15H2,1H3,(H,28,29). The minimum Gasteiger partial charge on any atom is -0.478 e. The van der Waals surface area contributed by atoms with Gasteiger partial charge in [0.15, 0.2) is 0 Å². The van der Waals surface area contributed by atoms with Gasteiger partial charge in [0.25, 0.3) is 0 Å². The van der Waals surface area contributed by atoms with Crippen LogP contribution in [0.2, 0.25) is 0 Å². The second-order valence-corrected chi connectivity index (χ2v) is 8.12. The topological polar surface area (TPSA) is 66.8 Å². The molecule has 3 aromatic rings. The summed E-state index contributed by atoms with van der Waals surface area (Å²) in [6.45, 7) is 2.67. The molecule has 1 aliphatic carbocycles. The first-order chi connectivity index (χ1) is 15.1. The Labute approximate surface area is 180 Å². The lowest BCUT2D eigenvalue weighted by Crippen LogP contribution is -2.37. The zero-order chi connectivity index (χ0) is 21.5. The van der Waals surface area contributed by atoms with Crippen molar-refractivity contribution < 1.29 is 19.4 Å². The maximum atomic E-state index is 13.1. The van der Waals surface area contributed by atoms with Crippen LogP contribution >= 0.6 is 0 Å². The lowest BCUT2D eigenvalue weighted by Gasteiger charge is -2.31. The van der Waals surface area contributed by atoms with Gasteiger partial charge in [-0.05, 0) is 59.2 Å². The van der Waals surface area contributed by atoms with Gasteiger partial charge in [0.05, 0.1) is 11.3 Å². The molecule has 3 aromatic carbocycles. The van der Waals surface area contributed by atoms with Gasteiger partial charge in [0.1, 0.15) is 6.61 Å². The zero-order valence-corrected chi connectivity index (χ0v) is 17.3. The normalized spacial score (nSPS) is 14.5. The van der Waals surface area contributed by atoms with E-state index >= 15 is 0 Å². The molecular weight excluding hydrogens is 390 g/mol. The van der Waals surface area contributed by atoms with Gasteiger partial charge in [-0.15, -0.1) is 0 Å². The highest BCUT2D eigenvalue weighted by molar-refractivity contribution is 5.97. The van der Waals surface area contributed by atoms with E-state index in [-0.39, 0.29) is 18.1 Å². The molecule has 31 heavy (non-hydrogen) atoms. The van der Waals surface area contributed by atoms with E-state index in [0.717, 1.165) is 5.56 Å². The average molecular weight is 413 g/mol. The molecule has 1 heterocycles. The summed E-state index contributed by atoms with van der Waals surface area (Å²) in [4.78, 5) is 26.4. The summed E-state index contributed by atoms with van der Waals surface area (Å²) in [5, 5.41) is 9.55. The summed E-state index contributed by atoms with van der Waals surface area (Å²) in [5.41, 5.74) is 7.24. The van der Waals surface area contributed by atoms with E-state index < -0.39 is 12.1 Å². The molecule has 0 atom stereocenters. The molecule has 0 aromatic heterocycles. The van der Waals surface area contributed by atoms with Gasteiger partial charge in [0.2, 0.25) is 0 Å². The minimum absolute atomic E-state index is 0.00735. The van der Waals surface area contributed by atoms with Crippen LogP contribution in [-0.2, 0) is 11.2 Å². The molecule has 2 aliphatic rings. The van der Waals surface area contributed by atoms with Crippen molar-refractivity contribution in [3.8, 4) is 11.1 Å². The summed E-state index contributed by atoms with van der Waals surface area (Å²) in [7, 11) is 0. The maximum Gasteiger partial charge on any atom is 0.414 e. The largest absolute Gasteiger partial charge is 0.478 e. The highest BCUT2D eigenvalue weighted by Gasteiger charge is 2.32. The Morgan fingerprint density at radius 1 is 1.00 bits per heavy atom. The summed E-state index contributed by atoms with van der Waals surface area (Å²) < 4.78 is 5.83. The van der Waals surface area contributed by atoms with Crippen molar-refractivity contribution in [3.63, 3.8) is 0 Å². The number of hydrogen-bond donors (Lipinski definition) is 1. The van der Waals surface area contributed by atoms with E-state index in [1.54, 1.807) is 17.0 Å². The van der Waals surface area contributed by atoms with Crippen LogP contribution in [0.1, 0.15) is 45.0 Å². The van der Waals surface area contributed by atoms with Gasteiger partial charge >= 0.3 is 12.1 Å². The number of carbonyl (C=O) groups is 2. The highest BCUT2D eigenvalue weighted by Crippen LogP contribution is 2.44. The van der Waals surface area contributed by atoms with E-state index in [9.17, 15) is 14.7 Å². The van der Waals surface area contributed by atoms with Crippen molar-refractivity contribution in [3.05, 3.63) is 88.5 Å². The van der Waals surface area contributed by atoms with Crippen molar-refractivity contribution in [1.29, 1.82) is 0 Å². The lowest BCUT2D eigenvalue weighted by atomic mass is 9.93. The predicted octanol–water partition coefficient (Wildman–Crippen LogP) is 5.39. The molecule has 0 saturated carbocycles. The number of carboxylic acids is 1. The van der Waals surface area contributed by atoms with Gasteiger partial charge < -0.3 is 9.84 Å². The number of fused-ring (bicyclic) bond motifs is 4. The van der Waals surface area contributed by atoms with E-state index in [4.69, 9.17) is 4.74 Å². The molecule has 1 amide bonds. The number of hydrogen-bond acceptors (Lipinski definition) is 3.